The van der Waals surface area contributed by atoms with Crippen molar-refractivity contribution >= 4 is 5.69 Å². The second kappa shape index (κ2) is 5.87. The average molecular weight is 300 g/mol. The van der Waals surface area contributed by atoms with Gasteiger partial charge >= 0.3 is 6.18 Å². The minimum atomic E-state index is -4.34. The Balaban J connectivity index is 2.37. The Labute approximate surface area is 124 Å². The van der Waals surface area contributed by atoms with Gasteiger partial charge in [0, 0.05) is 25.3 Å². The highest BCUT2D eigenvalue weighted by Crippen LogP contribution is 2.43. The molecule has 1 aliphatic rings. The first kappa shape index (κ1) is 16.1. The third-order valence-corrected chi connectivity index (χ3v) is 4.88. The molecular weight excluding hydrogens is 277 g/mol. The quantitative estimate of drug-likeness (QED) is 0.904. The van der Waals surface area contributed by atoms with Crippen molar-refractivity contribution in [2.75, 3.05) is 18.0 Å². The van der Waals surface area contributed by atoms with E-state index in [0.717, 1.165) is 19.3 Å². The minimum Gasteiger partial charge on any atom is -0.370 e. The van der Waals surface area contributed by atoms with Gasteiger partial charge < -0.3 is 10.6 Å². The van der Waals surface area contributed by atoms with Crippen LogP contribution in [0.2, 0.25) is 0 Å². The fourth-order valence-electron chi connectivity index (χ4n) is 3.18. The van der Waals surface area contributed by atoms with Crippen LogP contribution in [0.4, 0.5) is 18.9 Å². The predicted molar refractivity (Wildman–Crippen MR) is 79.2 cm³/mol. The maximum atomic E-state index is 13.3. The molecule has 21 heavy (non-hydrogen) atoms. The molecule has 0 aliphatic carbocycles. The van der Waals surface area contributed by atoms with Gasteiger partial charge in [-0.15, -0.1) is 0 Å². The molecule has 2 nitrogen and oxygen atoms in total. The topological polar surface area (TPSA) is 29.3 Å². The van der Waals surface area contributed by atoms with Crippen LogP contribution in [0, 0.1) is 5.41 Å². The predicted octanol–water partition coefficient (Wildman–Crippen LogP) is 4.18. The van der Waals surface area contributed by atoms with Crippen molar-refractivity contribution in [2.45, 2.75) is 45.8 Å². The van der Waals surface area contributed by atoms with Gasteiger partial charge in [-0.25, -0.2) is 0 Å². The Bertz CT molecular complexity index is 493. The summed E-state index contributed by atoms with van der Waals surface area (Å²) >= 11 is 0. The molecule has 0 aromatic heterocycles. The van der Waals surface area contributed by atoms with Crippen LogP contribution in [0.15, 0.2) is 18.2 Å². The third-order valence-electron chi connectivity index (χ3n) is 4.88. The second-order valence-corrected chi connectivity index (χ2v) is 5.93. The SMILES string of the molecule is CCC1(CC)CCN(c2ccc(CN)cc2C(F)(F)F)C1. The van der Waals surface area contributed by atoms with Crippen molar-refractivity contribution in [3.05, 3.63) is 29.3 Å². The van der Waals surface area contributed by atoms with Crippen LogP contribution in [0.3, 0.4) is 0 Å². The second-order valence-electron chi connectivity index (χ2n) is 5.93. The van der Waals surface area contributed by atoms with E-state index < -0.39 is 11.7 Å². The summed E-state index contributed by atoms with van der Waals surface area (Å²) in [6.07, 6.45) is -1.38. The van der Waals surface area contributed by atoms with Gasteiger partial charge in [-0.05, 0) is 42.4 Å². The molecule has 0 spiro atoms. The van der Waals surface area contributed by atoms with E-state index in [4.69, 9.17) is 5.73 Å². The van der Waals surface area contributed by atoms with Gasteiger partial charge in [0.25, 0.3) is 0 Å². The molecule has 1 fully saturated rings. The van der Waals surface area contributed by atoms with E-state index in [0.29, 0.717) is 24.3 Å². The lowest BCUT2D eigenvalue weighted by molar-refractivity contribution is -0.137. The highest BCUT2D eigenvalue weighted by molar-refractivity contribution is 5.57. The number of anilines is 1. The Hall–Kier alpha value is -1.23. The van der Waals surface area contributed by atoms with Crippen LogP contribution in [0.5, 0.6) is 0 Å². The highest BCUT2D eigenvalue weighted by Gasteiger charge is 2.40. The zero-order valence-corrected chi connectivity index (χ0v) is 12.6. The fraction of sp³-hybridized carbons (Fsp3) is 0.625. The molecule has 0 radical (unpaired) electrons. The minimum absolute atomic E-state index is 0.122. The maximum absolute atomic E-state index is 13.3. The maximum Gasteiger partial charge on any atom is 0.418 e. The number of halogens is 3. The van der Waals surface area contributed by atoms with Gasteiger partial charge in [0.1, 0.15) is 0 Å². The molecular formula is C16H23F3N2. The van der Waals surface area contributed by atoms with E-state index in [9.17, 15) is 13.2 Å². The summed E-state index contributed by atoms with van der Waals surface area (Å²) in [5, 5.41) is 0. The summed E-state index contributed by atoms with van der Waals surface area (Å²) in [6.45, 7) is 5.75. The zero-order valence-electron chi connectivity index (χ0n) is 12.6. The number of rotatable bonds is 4. The first-order valence-electron chi connectivity index (χ1n) is 7.50. The molecule has 5 heteroatoms. The summed E-state index contributed by atoms with van der Waals surface area (Å²) in [5.41, 5.74) is 5.87. The van der Waals surface area contributed by atoms with Crippen molar-refractivity contribution in [1.82, 2.24) is 0 Å². The first-order valence-corrected chi connectivity index (χ1v) is 7.50. The molecule has 2 rings (SSSR count). The first-order chi connectivity index (χ1) is 9.85. The molecule has 1 saturated heterocycles. The van der Waals surface area contributed by atoms with E-state index in [2.05, 4.69) is 13.8 Å². The molecule has 0 saturated carbocycles. The number of alkyl halides is 3. The van der Waals surface area contributed by atoms with Gasteiger partial charge in [0.05, 0.1) is 5.56 Å². The van der Waals surface area contributed by atoms with Crippen molar-refractivity contribution in [2.24, 2.45) is 11.1 Å². The van der Waals surface area contributed by atoms with Gasteiger partial charge in [-0.2, -0.15) is 13.2 Å². The lowest BCUT2D eigenvalue weighted by Gasteiger charge is -2.28. The third kappa shape index (κ3) is 3.18. The summed E-state index contributed by atoms with van der Waals surface area (Å²) in [7, 11) is 0. The van der Waals surface area contributed by atoms with Crippen LogP contribution in [0.1, 0.15) is 44.2 Å². The molecule has 118 valence electrons. The molecule has 1 aromatic rings. The Morgan fingerprint density at radius 3 is 2.38 bits per heavy atom. The largest absolute Gasteiger partial charge is 0.418 e. The summed E-state index contributed by atoms with van der Waals surface area (Å²) < 4.78 is 39.9. The summed E-state index contributed by atoms with van der Waals surface area (Å²) in [6, 6.07) is 4.46. The molecule has 0 atom stereocenters. The van der Waals surface area contributed by atoms with Crippen LogP contribution in [-0.2, 0) is 12.7 Å². The highest BCUT2D eigenvalue weighted by atomic mass is 19.4. The Morgan fingerprint density at radius 1 is 1.24 bits per heavy atom. The normalized spacial score (nSPS) is 18.3. The van der Waals surface area contributed by atoms with Gasteiger partial charge in [0.15, 0.2) is 0 Å². The van der Waals surface area contributed by atoms with Crippen molar-refractivity contribution < 1.29 is 13.2 Å². The van der Waals surface area contributed by atoms with E-state index in [1.807, 2.05) is 4.90 Å². The smallest absolute Gasteiger partial charge is 0.370 e. The molecule has 1 heterocycles. The Kier molecular flexibility index (Phi) is 4.51. The Morgan fingerprint density at radius 2 is 1.90 bits per heavy atom. The summed E-state index contributed by atoms with van der Waals surface area (Å²) in [5.74, 6) is 0. The van der Waals surface area contributed by atoms with Crippen molar-refractivity contribution in [3.63, 3.8) is 0 Å². The number of hydrogen-bond acceptors (Lipinski definition) is 2. The monoisotopic (exact) mass is 300 g/mol. The fourth-order valence-corrected chi connectivity index (χ4v) is 3.18. The zero-order chi connectivity index (χ0) is 15.7. The van der Waals surface area contributed by atoms with E-state index in [1.54, 1.807) is 12.1 Å². The molecule has 0 amide bonds. The van der Waals surface area contributed by atoms with E-state index in [1.165, 1.54) is 6.07 Å². The average Bonchev–Trinajstić information content (AvgIpc) is 2.90. The van der Waals surface area contributed by atoms with E-state index in [-0.39, 0.29) is 12.0 Å². The van der Waals surface area contributed by atoms with Crippen LogP contribution < -0.4 is 10.6 Å². The summed E-state index contributed by atoms with van der Waals surface area (Å²) in [4.78, 5) is 1.89. The van der Waals surface area contributed by atoms with Crippen LogP contribution in [0.25, 0.3) is 0 Å². The van der Waals surface area contributed by atoms with Crippen molar-refractivity contribution in [3.8, 4) is 0 Å². The lowest BCUT2D eigenvalue weighted by Crippen LogP contribution is -2.28. The number of nitrogens with zero attached hydrogens (tertiary/aromatic N) is 1. The standard InChI is InChI=1S/C16H23F3N2/c1-3-15(4-2)7-8-21(11-15)14-6-5-12(10-20)9-13(14)16(17,18)19/h5-6,9H,3-4,7-8,10-11,20H2,1-2H3. The number of nitrogens with two attached hydrogens (primary N) is 1. The van der Waals surface area contributed by atoms with E-state index >= 15 is 0 Å². The molecule has 0 unspecified atom stereocenters. The number of benzene rings is 1. The molecule has 0 bridgehead atoms. The number of hydrogen-bond donors (Lipinski definition) is 1. The molecule has 1 aliphatic heterocycles. The lowest BCUT2D eigenvalue weighted by atomic mass is 9.82. The van der Waals surface area contributed by atoms with Gasteiger partial charge in [-0.1, -0.05) is 19.9 Å². The van der Waals surface area contributed by atoms with Crippen LogP contribution in [-0.4, -0.2) is 13.1 Å². The molecule has 2 N–H and O–H groups in total. The van der Waals surface area contributed by atoms with Crippen molar-refractivity contribution in [1.29, 1.82) is 0 Å². The van der Waals surface area contributed by atoms with Crippen LogP contribution >= 0.6 is 0 Å². The van der Waals surface area contributed by atoms with Gasteiger partial charge in [-0.3, -0.25) is 0 Å². The molecule has 1 aromatic carbocycles. The van der Waals surface area contributed by atoms with Gasteiger partial charge in [0.2, 0.25) is 0 Å².